The number of amides is 1. The van der Waals surface area contributed by atoms with E-state index in [0.29, 0.717) is 6.54 Å². The predicted molar refractivity (Wildman–Crippen MR) is 76.3 cm³/mol. The van der Waals surface area contributed by atoms with Gasteiger partial charge in [-0.15, -0.1) is 11.3 Å². The van der Waals surface area contributed by atoms with E-state index >= 15 is 0 Å². The van der Waals surface area contributed by atoms with Crippen LogP contribution in [0, 0.1) is 30.6 Å². The predicted octanol–water partition coefficient (Wildman–Crippen LogP) is 2.20. The summed E-state index contributed by atoms with van der Waals surface area (Å²) >= 11 is 1.61. The summed E-state index contributed by atoms with van der Waals surface area (Å²) in [4.78, 5) is 24.9. The Morgan fingerprint density at radius 3 is 2.65 bits per heavy atom. The molecular formula is C15H17NO3S. The number of carbonyl (C=O) groups excluding carboxylic acids is 1. The number of carboxylic acids is 1. The minimum Gasteiger partial charge on any atom is -0.481 e. The van der Waals surface area contributed by atoms with E-state index in [2.05, 4.69) is 5.32 Å². The molecule has 2 bridgehead atoms. The normalized spacial score (nSPS) is 30.6. The average molecular weight is 291 g/mol. The van der Waals surface area contributed by atoms with E-state index in [4.69, 9.17) is 0 Å². The van der Waals surface area contributed by atoms with Crippen LogP contribution in [0.1, 0.15) is 16.9 Å². The summed E-state index contributed by atoms with van der Waals surface area (Å²) in [5, 5.41) is 14.2. The van der Waals surface area contributed by atoms with Gasteiger partial charge in [-0.1, -0.05) is 12.2 Å². The summed E-state index contributed by atoms with van der Waals surface area (Å²) in [6.45, 7) is 2.50. The lowest BCUT2D eigenvalue weighted by Crippen LogP contribution is -2.39. The zero-order valence-electron chi connectivity index (χ0n) is 11.2. The number of hydrogen-bond acceptors (Lipinski definition) is 3. The summed E-state index contributed by atoms with van der Waals surface area (Å²) in [6.07, 6.45) is 4.76. The van der Waals surface area contributed by atoms with Crippen molar-refractivity contribution in [1.82, 2.24) is 5.32 Å². The van der Waals surface area contributed by atoms with Crippen LogP contribution in [0.4, 0.5) is 0 Å². The largest absolute Gasteiger partial charge is 0.481 e. The van der Waals surface area contributed by atoms with Crippen LogP contribution in [0.3, 0.4) is 0 Å². The molecule has 1 amide bonds. The van der Waals surface area contributed by atoms with Crippen LogP contribution in [0.5, 0.6) is 0 Å². The molecule has 2 aliphatic carbocycles. The molecule has 2 unspecified atom stereocenters. The molecule has 1 aromatic rings. The topological polar surface area (TPSA) is 66.4 Å². The molecule has 1 aromatic heterocycles. The Morgan fingerprint density at radius 2 is 2.05 bits per heavy atom. The monoisotopic (exact) mass is 291 g/mol. The number of fused-ring (bicyclic) bond motifs is 2. The molecule has 2 aliphatic rings. The van der Waals surface area contributed by atoms with E-state index in [-0.39, 0.29) is 17.7 Å². The number of hydrogen-bond donors (Lipinski definition) is 2. The maximum absolute atomic E-state index is 12.4. The molecule has 4 atom stereocenters. The number of carboxylic acid groups (broad SMARTS) is 1. The fraction of sp³-hybridized carbons (Fsp3) is 0.467. The summed E-state index contributed by atoms with van der Waals surface area (Å²) in [6, 6.07) is 2.02. The van der Waals surface area contributed by atoms with Crippen LogP contribution in [0.2, 0.25) is 0 Å². The summed E-state index contributed by atoms with van der Waals surface area (Å²) in [5.41, 5.74) is 1.16. The molecule has 1 saturated carbocycles. The molecular weight excluding hydrogens is 274 g/mol. The molecule has 2 N–H and O–H groups in total. The summed E-state index contributed by atoms with van der Waals surface area (Å²) in [7, 11) is 0. The van der Waals surface area contributed by atoms with Crippen LogP contribution in [0.25, 0.3) is 0 Å². The fourth-order valence-electron chi connectivity index (χ4n) is 3.39. The van der Waals surface area contributed by atoms with Gasteiger partial charge in [-0.05, 0) is 42.2 Å². The quantitative estimate of drug-likeness (QED) is 0.836. The third kappa shape index (κ3) is 2.16. The Labute approximate surface area is 121 Å². The van der Waals surface area contributed by atoms with Gasteiger partial charge in [-0.3, -0.25) is 9.59 Å². The number of nitrogens with one attached hydrogen (secondary N) is 1. The third-order valence-electron chi connectivity index (χ3n) is 4.44. The van der Waals surface area contributed by atoms with Gasteiger partial charge >= 0.3 is 5.97 Å². The lowest BCUT2D eigenvalue weighted by Gasteiger charge is -2.23. The van der Waals surface area contributed by atoms with Gasteiger partial charge in [0, 0.05) is 4.88 Å². The van der Waals surface area contributed by atoms with Gasteiger partial charge in [-0.2, -0.15) is 0 Å². The second-order valence-electron chi connectivity index (χ2n) is 5.58. The lowest BCUT2D eigenvalue weighted by molar-refractivity contribution is -0.147. The van der Waals surface area contributed by atoms with Crippen LogP contribution >= 0.6 is 11.3 Å². The van der Waals surface area contributed by atoms with E-state index in [0.717, 1.165) is 16.9 Å². The smallest absolute Gasteiger partial charge is 0.307 e. The molecule has 20 heavy (non-hydrogen) atoms. The number of aryl methyl sites for hydroxylation is 1. The highest BCUT2D eigenvalue weighted by Crippen LogP contribution is 2.48. The molecule has 1 fully saturated rings. The second-order valence-corrected chi connectivity index (χ2v) is 6.58. The van der Waals surface area contributed by atoms with Gasteiger partial charge in [0.1, 0.15) is 0 Å². The second kappa shape index (κ2) is 5.05. The van der Waals surface area contributed by atoms with Gasteiger partial charge in [0.25, 0.3) is 0 Å². The van der Waals surface area contributed by atoms with Gasteiger partial charge in [0.05, 0.1) is 18.4 Å². The number of aliphatic carboxylic acids is 1. The minimum atomic E-state index is -0.852. The van der Waals surface area contributed by atoms with E-state index in [1.165, 1.54) is 0 Å². The van der Waals surface area contributed by atoms with E-state index in [9.17, 15) is 14.7 Å². The summed E-state index contributed by atoms with van der Waals surface area (Å²) in [5.74, 6) is -1.84. The Kier molecular flexibility index (Phi) is 3.38. The first kappa shape index (κ1) is 13.4. The zero-order chi connectivity index (χ0) is 14.3. The van der Waals surface area contributed by atoms with Gasteiger partial charge in [-0.25, -0.2) is 0 Å². The maximum Gasteiger partial charge on any atom is 0.307 e. The van der Waals surface area contributed by atoms with Crippen molar-refractivity contribution in [3.05, 3.63) is 34.0 Å². The van der Waals surface area contributed by atoms with Crippen molar-refractivity contribution in [2.24, 2.45) is 23.7 Å². The Bertz CT molecular complexity index is 577. The average Bonchev–Trinajstić information content (AvgIpc) is 3.10. The van der Waals surface area contributed by atoms with Crippen molar-refractivity contribution < 1.29 is 14.7 Å². The van der Waals surface area contributed by atoms with Crippen LogP contribution in [0.15, 0.2) is 23.6 Å². The van der Waals surface area contributed by atoms with Gasteiger partial charge < -0.3 is 10.4 Å². The first-order valence-corrected chi connectivity index (χ1v) is 7.67. The number of rotatable bonds is 4. The molecule has 106 valence electrons. The SMILES string of the molecule is Cc1ccsc1CNC(=O)[C@H]1C2C=CC(C2)[C@H]1C(=O)O. The summed E-state index contributed by atoms with van der Waals surface area (Å²) < 4.78 is 0. The van der Waals surface area contributed by atoms with E-state index < -0.39 is 17.8 Å². The highest BCUT2D eigenvalue weighted by atomic mass is 32.1. The highest BCUT2D eigenvalue weighted by Gasteiger charge is 2.51. The van der Waals surface area contributed by atoms with Crippen LogP contribution < -0.4 is 5.32 Å². The first-order chi connectivity index (χ1) is 9.58. The van der Waals surface area contributed by atoms with E-state index in [1.54, 1.807) is 11.3 Å². The molecule has 5 heteroatoms. The molecule has 0 aliphatic heterocycles. The van der Waals surface area contributed by atoms with Crippen LogP contribution in [-0.4, -0.2) is 17.0 Å². The Hall–Kier alpha value is -1.62. The fourth-order valence-corrected chi connectivity index (χ4v) is 4.23. The maximum atomic E-state index is 12.4. The minimum absolute atomic E-state index is 0.0247. The van der Waals surface area contributed by atoms with Crippen molar-refractivity contribution in [1.29, 1.82) is 0 Å². The van der Waals surface area contributed by atoms with Crippen molar-refractivity contribution in [2.75, 3.05) is 0 Å². The standard InChI is InChI=1S/C15H17NO3S/c1-8-4-5-20-11(8)7-16-14(17)12-9-2-3-10(6-9)13(12)15(18)19/h2-5,9-10,12-13H,6-7H2,1H3,(H,16,17)(H,18,19)/t9?,10?,12-,13+/m0/s1. The van der Waals surface area contributed by atoms with Gasteiger partial charge in [0.15, 0.2) is 0 Å². The van der Waals surface area contributed by atoms with Crippen LogP contribution in [-0.2, 0) is 16.1 Å². The third-order valence-corrected chi connectivity index (χ3v) is 5.46. The van der Waals surface area contributed by atoms with Crippen molar-refractivity contribution >= 4 is 23.2 Å². The molecule has 0 radical (unpaired) electrons. The number of allylic oxidation sites excluding steroid dienone is 2. The molecule has 4 nitrogen and oxygen atoms in total. The van der Waals surface area contributed by atoms with Gasteiger partial charge in [0.2, 0.25) is 5.91 Å². The van der Waals surface area contributed by atoms with E-state index in [1.807, 2.05) is 30.5 Å². The molecule has 1 heterocycles. The highest BCUT2D eigenvalue weighted by molar-refractivity contribution is 7.10. The van der Waals surface area contributed by atoms with Crippen molar-refractivity contribution in [2.45, 2.75) is 19.9 Å². The Morgan fingerprint density at radius 1 is 1.35 bits per heavy atom. The molecule has 3 rings (SSSR count). The van der Waals surface area contributed by atoms with Crippen molar-refractivity contribution in [3.8, 4) is 0 Å². The molecule has 0 spiro atoms. The number of carbonyl (C=O) groups is 2. The molecule has 0 aromatic carbocycles. The van der Waals surface area contributed by atoms with Crippen molar-refractivity contribution in [3.63, 3.8) is 0 Å². The zero-order valence-corrected chi connectivity index (χ0v) is 12.0. The molecule has 0 saturated heterocycles. The Balaban J connectivity index is 1.69. The first-order valence-electron chi connectivity index (χ1n) is 6.79. The number of thiophene rings is 1. The lowest BCUT2D eigenvalue weighted by atomic mass is 9.82.